The molecular formula is C13H21N3O3S. The molecule has 0 bridgehead atoms. The molecule has 0 radical (unpaired) electrons. The molecule has 0 amide bonds. The zero-order valence-corrected chi connectivity index (χ0v) is 12.4. The molecule has 112 valence electrons. The summed E-state index contributed by atoms with van der Waals surface area (Å²) in [4.78, 5) is 4.02. The largest absolute Gasteiger partial charge is 0.387 e. The zero-order chi connectivity index (χ0) is 14.4. The van der Waals surface area contributed by atoms with Crippen LogP contribution in [0, 0.1) is 0 Å². The fourth-order valence-corrected chi connectivity index (χ4v) is 3.50. The van der Waals surface area contributed by atoms with E-state index in [9.17, 15) is 8.42 Å². The summed E-state index contributed by atoms with van der Waals surface area (Å²) in [6, 6.07) is 1.63. The lowest BCUT2D eigenvalue weighted by Crippen LogP contribution is -2.29. The fourth-order valence-electron chi connectivity index (χ4n) is 2.34. The van der Waals surface area contributed by atoms with Gasteiger partial charge in [0.1, 0.15) is 4.90 Å². The summed E-state index contributed by atoms with van der Waals surface area (Å²) in [6.07, 6.45) is 7.76. The summed E-state index contributed by atoms with van der Waals surface area (Å²) >= 11 is 0. The Morgan fingerprint density at radius 1 is 1.40 bits per heavy atom. The van der Waals surface area contributed by atoms with Crippen molar-refractivity contribution in [2.45, 2.75) is 36.7 Å². The molecule has 0 aromatic carbocycles. The Bertz CT molecular complexity index is 527. The van der Waals surface area contributed by atoms with Crippen molar-refractivity contribution in [2.24, 2.45) is 0 Å². The van der Waals surface area contributed by atoms with Crippen LogP contribution in [0.15, 0.2) is 23.4 Å². The number of anilines is 1. The Morgan fingerprint density at radius 3 is 2.85 bits per heavy atom. The number of pyridine rings is 1. The maximum absolute atomic E-state index is 12.2. The molecule has 6 nitrogen and oxygen atoms in total. The normalized spacial score (nSPS) is 16.4. The summed E-state index contributed by atoms with van der Waals surface area (Å²) in [6.45, 7) is 0.677. The lowest BCUT2D eigenvalue weighted by Gasteiger charge is -2.13. The molecule has 1 fully saturated rings. The quantitative estimate of drug-likeness (QED) is 0.743. The van der Waals surface area contributed by atoms with Crippen molar-refractivity contribution in [3.8, 4) is 0 Å². The molecule has 1 saturated carbocycles. The van der Waals surface area contributed by atoms with Gasteiger partial charge in [0, 0.05) is 26.0 Å². The van der Waals surface area contributed by atoms with E-state index in [0.717, 1.165) is 12.8 Å². The van der Waals surface area contributed by atoms with Crippen molar-refractivity contribution in [1.82, 2.24) is 9.71 Å². The van der Waals surface area contributed by atoms with Gasteiger partial charge in [-0.05, 0) is 18.9 Å². The van der Waals surface area contributed by atoms with E-state index in [1.165, 1.54) is 19.0 Å². The number of nitrogens with one attached hydrogen (secondary N) is 2. The van der Waals surface area contributed by atoms with Gasteiger partial charge in [0.2, 0.25) is 10.0 Å². The molecule has 2 rings (SSSR count). The fraction of sp³-hybridized carbons (Fsp3) is 0.615. The highest BCUT2D eigenvalue weighted by Gasteiger charge is 2.19. The summed E-state index contributed by atoms with van der Waals surface area (Å²) < 4.78 is 32.5. The van der Waals surface area contributed by atoms with Crippen LogP contribution in [-0.2, 0) is 14.8 Å². The van der Waals surface area contributed by atoms with Gasteiger partial charge in [0.05, 0.1) is 18.4 Å². The van der Waals surface area contributed by atoms with E-state index >= 15 is 0 Å². The first-order valence-corrected chi connectivity index (χ1v) is 8.35. The minimum absolute atomic E-state index is 0.156. The minimum atomic E-state index is -3.55. The standard InChI is InChI=1S/C13H21N3O3S/c1-14-12-6-7-15-10-13(12)20(17,18)16-8-9-19-11-4-2-3-5-11/h6-7,10-11,16H,2-5,8-9H2,1H3,(H,14,15). The van der Waals surface area contributed by atoms with Gasteiger partial charge in [-0.1, -0.05) is 12.8 Å². The zero-order valence-electron chi connectivity index (χ0n) is 11.6. The third kappa shape index (κ3) is 3.91. The van der Waals surface area contributed by atoms with E-state index in [1.807, 2.05) is 0 Å². The Kier molecular flexibility index (Phi) is 5.33. The van der Waals surface area contributed by atoms with Crippen LogP contribution in [0.2, 0.25) is 0 Å². The number of sulfonamides is 1. The van der Waals surface area contributed by atoms with Crippen molar-refractivity contribution in [2.75, 3.05) is 25.5 Å². The molecule has 1 aromatic heterocycles. The second-order valence-corrected chi connectivity index (χ2v) is 6.53. The molecule has 20 heavy (non-hydrogen) atoms. The van der Waals surface area contributed by atoms with Crippen LogP contribution in [-0.4, -0.2) is 39.7 Å². The van der Waals surface area contributed by atoms with Crippen LogP contribution in [0.4, 0.5) is 5.69 Å². The van der Waals surface area contributed by atoms with Gasteiger partial charge in [-0.15, -0.1) is 0 Å². The lowest BCUT2D eigenvalue weighted by molar-refractivity contribution is 0.0626. The van der Waals surface area contributed by atoms with Crippen molar-refractivity contribution in [3.63, 3.8) is 0 Å². The summed E-state index contributed by atoms with van der Waals surface area (Å²) in [7, 11) is -1.88. The number of nitrogens with zero attached hydrogens (tertiary/aromatic N) is 1. The number of hydrogen-bond acceptors (Lipinski definition) is 5. The van der Waals surface area contributed by atoms with Gasteiger partial charge in [0.15, 0.2) is 0 Å². The molecule has 7 heteroatoms. The molecule has 0 atom stereocenters. The van der Waals surface area contributed by atoms with Crippen LogP contribution in [0.1, 0.15) is 25.7 Å². The van der Waals surface area contributed by atoms with E-state index in [-0.39, 0.29) is 11.4 Å². The predicted molar refractivity (Wildman–Crippen MR) is 77.2 cm³/mol. The van der Waals surface area contributed by atoms with Crippen LogP contribution >= 0.6 is 0 Å². The molecule has 0 aliphatic heterocycles. The number of hydrogen-bond donors (Lipinski definition) is 2. The van der Waals surface area contributed by atoms with E-state index < -0.39 is 10.0 Å². The molecule has 1 aliphatic rings. The van der Waals surface area contributed by atoms with Gasteiger partial charge in [0.25, 0.3) is 0 Å². The van der Waals surface area contributed by atoms with Crippen LogP contribution in [0.25, 0.3) is 0 Å². The first-order chi connectivity index (χ1) is 9.63. The van der Waals surface area contributed by atoms with Gasteiger partial charge in [-0.3, -0.25) is 4.98 Å². The predicted octanol–water partition coefficient (Wildman–Crippen LogP) is 1.36. The summed E-state index contributed by atoms with van der Waals surface area (Å²) in [5, 5.41) is 2.85. The number of rotatable bonds is 7. The highest BCUT2D eigenvalue weighted by atomic mass is 32.2. The van der Waals surface area contributed by atoms with Gasteiger partial charge < -0.3 is 10.1 Å². The monoisotopic (exact) mass is 299 g/mol. The van der Waals surface area contributed by atoms with Crippen molar-refractivity contribution in [1.29, 1.82) is 0 Å². The molecule has 2 N–H and O–H groups in total. The topological polar surface area (TPSA) is 80.3 Å². The Hall–Kier alpha value is -1.18. The minimum Gasteiger partial charge on any atom is -0.387 e. The van der Waals surface area contributed by atoms with Crippen molar-refractivity contribution < 1.29 is 13.2 Å². The van der Waals surface area contributed by atoms with Gasteiger partial charge >= 0.3 is 0 Å². The lowest BCUT2D eigenvalue weighted by atomic mass is 10.3. The third-order valence-electron chi connectivity index (χ3n) is 3.39. The van der Waals surface area contributed by atoms with E-state index in [4.69, 9.17) is 4.74 Å². The molecule has 1 aromatic rings. The van der Waals surface area contributed by atoms with E-state index in [1.54, 1.807) is 19.3 Å². The molecular weight excluding hydrogens is 278 g/mol. The molecule has 0 saturated heterocycles. The molecule has 0 unspecified atom stereocenters. The molecule has 1 heterocycles. The van der Waals surface area contributed by atoms with Crippen molar-refractivity contribution in [3.05, 3.63) is 18.5 Å². The smallest absolute Gasteiger partial charge is 0.244 e. The first kappa shape index (κ1) is 15.2. The Labute approximate surface area is 120 Å². The van der Waals surface area contributed by atoms with Gasteiger partial charge in [-0.25, -0.2) is 13.1 Å². The van der Waals surface area contributed by atoms with Crippen LogP contribution in [0.5, 0.6) is 0 Å². The van der Waals surface area contributed by atoms with E-state index in [2.05, 4.69) is 15.0 Å². The second kappa shape index (κ2) is 7.01. The van der Waals surface area contributed by atoms with Gasteiger partial charge in [-0.2, -0.15) is 0 Å². The average molecular weight is 299 g/mol. The summed E-state index contributed by atoms with van der Waals surface area (Å²) in [5.74, 6) is 0. The maximum Gasteiger partial charge on any atom is 0.244 e. The SMILES string of the molecule is CNc1ccncc1S(=O)(=O)NCCOC1CCCC1. The summed E-state index contributed by atoms with van der Waals surface area (Å²) in [5.41, 5.74) is 0.532. The average Bonchev–Trinajstić information content (AvgIpc) is 2.97. The number of aromatic nitrogens is 1. The van der Waals surface area contributed by atoms with Crippen molar-refractivity contribution >= 4 is 15.7 Å². The second-order valence-electron chi connectivity index (χ2n) is 4.80. The third-order valence-corrected chi connectivity index (χ3v) is 4.88. The van der Waals surface area contributed by atoms with Crippen LogP contribution < -0.4 is 10.0 Å². The highest BCUT2D eigenvalue weighted by molar-refractivity contribution is 7.89. The Morgan fingerprint density at radius 2 is 2.15 bits per heavy atom. The number of ether oxygens (including phenoxy) is 1. The molecule has 1 aliphatic carbocycles. The van der Waals surface area contributed by atoms with E-state index in [0.29, 0.717) is 18.4 Å². The highest BCUT2D eigenvalue weighted by Crippen LogP contribution is 2.21. The first-order valence-electron chi connectivity index (χ1n) is 6.86. The van der Waals surface area contributed by atoms with Crippen LogP contribution in [0.3, 0.4) is 0 Å². The Balaban J connectivity index is 1.87. The molecule has 0 spiro atoms. The maximum atomic E-state index is 12.2.